The molecule has 36 heavy (non-hydrogen) atoms. The van der Waals surface area contributed by atoms with Crippen molar-refractivity contribution in [3.05, 3.63) is 57.8 Å². The molecule has 2 aromatic rings. The maximum Gasteiger partial charge on any atom is 0.231 e. The molecular weight excluding hydrogens is 490 g/mol. The van der Waals surface area contributed by atoms with E-state index in [0.717, 1.165) is 0 Å². The molecule has 1 heterocycles. The van der Waals surface area contributed by atoms with Crippen LogP contribution in [0.25, 0.3) is 0 Å². The summed E-state index contributed by atoms with van der Waals surface area (Å²) in [4.78, 5) is 31.1. The number of ketones is 2. The number of aliphatic imine (C=N–C) groups is 1. The zero-order valence-corrected chi connectivity index (χ0v) is 20.9. The van der Waals surface area contributed by atoms with Crippen LogP contribution < -0.4 is 14.2 Å². The summed E-state index contributed by atoms with van der Waals surface area (Å²) in [5.41, 5.74) is -1.45. The van der Waals surface area contributed by atoms with E-state index in [1.807, 2.05) is 0 Å². The predicted molar refractivity (Wildman–Crippen MR) is 132 cm³/mol. The Hall–Kier alpha value is -3.56. The van der Waals surface area contributed by atoms with Gasteiger partial charge in [0.05, 0.1) is 32.4 Å². The second-order valence-corrected chi connectivity index (χ2v) is 9.13. The van der Waals surface area contributed by atoms with Gasteiger partial charge < -0.3 is 29.5 Å². The van der Waals surface area contributed by atoms with Crippen molar-refractivity contribution in [3.8, 4) is 23.0 Å². The molecule has 10 heteroatoms. The van der Waals surface area contributed by atoms with E-state index in [2.05, 4.69) is 4.99 Å². The molecule has 0 saturated carbocycles. The Morgan fingerprint density at radius 3 is 2.56 bits per heavy atom. The van der Waals surface area contributed by atoms with Crippen LogP contribution >= 0.6 is 11.6 Å². The molecule has 3 N–H and O–H groups in total. The molecule has 2 aromatic carbocycles. The molecule has 190 valence electrons. The Kier molecular flexibility index (Phi) is 6.72. The highest BCUT2D eigenvalue weighted by Crippen LogP contribution is 2.54. The number of nitrogens with zero attached hydrogens (tertiary/aromatic N) is 1. The number of hydrogen-bond acceptors (Lipinski definition) is 9. The third kappa shape index (κ3) is 3.88. The van der Waals surface area contributed by atoms with Crippen LogP contribution in [0.15, 0.2) is 46.7 Å². The van der Waals surface area contributed by atoms with Gasteiger partial charge in [0, 0.05) is 24.1 Å². The van der Waals surface area contributed by atoms with Crippen LogP contribution in [-0.2, 0) is 4.79 Å². The van der Waals surface area contributed by atoms with E-state index < -0.39 is 34.9 Å². The largest absolute Gasteiger partial charge is 0.508 e. The molecule has 0 bridgehead atoms. The van der Waals surface area contributed by atoms with Gasteiger partial charge in [0.15, 0.2) is 17.3 Å². The quantitative estimate of drug-likeness (QED) is 0.491. The van der Waals surface area contributed by atoms with Crippen molar-refractivity contribution in [2.24, 2.45) is 10.9 Å². The molecule has 3 atom stereocenters. The van der Waals surface area contributed by atoms with Crippen LogP contribution in [0.2, 0.25) is 5.02 Å². The van der Waals surface area contributed by atoms with Crippen LogP contribution in [0.4, 0.5) is 0 Å². The monoisotopic (exact) mass is 515 g/mol. The van der Waals surface area contributed by atoms with Crippen LogP contribution in [0, 0.1) is 5.92 Å². The first-order valence-electron chi connectivity index (χ1n) is 11.2. The fourth-order valence-electron chi connectivity index (χ4n) is 4.67. The van der Waals surface area contributed by atoms with E-state index in [1.54, 1.807) is 19.1 Å². The molecule has 1 aliphatic heterocycles. The lowest BCUT2D eigenvalue weighted by Gasteiger charge is -2.37. The molecule has 0 radical (unpaired) electrons. The molecular formula is C26H26ClNO8. The van der Waals surface area contributed by atoms with E-state index in [1.165, 1.54) is 39.3 Å². The molecule has 1 aliphatic carbocycles. The van der Waals surface area contributed by atoms with Gasteiger partial charge in [-0.25, -0.2) is 0 Å². The van der Waals surface area contributed by atoms with E-state index in [9.17, 15) is 24.9 Å². The number of Topliss-reactive ketones (excluding diaryl/α,β-unsaturated/α-hetero) is 2. The number of phenolic OH excluding ortho intramolecular Hbond substituents is 1. The SMILES string of the molecule is COc1cc(OC)c2c(c1Cl)O[C@]1(C2=O)C(O)=C(C(C)=NCC(O)c2cccc(O)c2)C(=O)C[C@H]1C. The minimum absolute atomic E-state index is 0.00105. The highest BCUT2D eigenvalue weighted by Gasteiger charge is 2.61. The summed E-state index contributed by atoms with van der Waals surface area (Å²) in [6, 6.07) is 7.55. The molecule has 0 saturated heterocycles. The Morgan fingerprint density at radius 2 is 1.92 bits per heavy atom. The fourth-order valence-corrected chi connectivity index (χ4v) is 4.93. The standard InChI is InChI=1S/C26H26ClNO8/c1-12-8-16(30)20(13(2)28-11-17(31)14-6-5-7-15(29)9-14)24(32)26(12)25(33)21-18(34-3)10-19(35-4)22(27)23(21)36-26/h5-7,9-10,12,17,29,31-32H,8,11H2,1-4H3/t12-,17?,26+/m1/s1. The number of aromatic hydroxyl groups is 1. The first-order valence-corrected chi connectivity index (χ1v) is 11.6. The Bertz CT molecular complexity index is 1320. The maximum absolute atomic E-state index is 13.8. The number of methoxy groups -OCH3 is 2. The fraction of sp³-hybridized carbons (Fsp3) is 0.346. The number of ether oxygens (including phenoxy) is 3. The number of rotatable bonds is 6. The average molecular weight is 516 g/mol. The molecule has 2 aliphatic rings. The first kappa shape index (κ1) is 25.5. The molecule has 0 aromatic heterocycles. The second kappa shape index (κ2) is 9.48. The number of hydrogen-bond donors (Lipinski definition) is 3. The topological polar surface area (TPSA) is 135 Å². The lowest BCUT2D eigenvalue weighted by molar-refractivity contribution is -0.118. The van der Waals surface area contributed by atoms with Gasteiger partial charge in [-0.1, -0.05) is 30.7 Å². The summed E-state index contributed by atoms with van der Waals surface area (Å²) in [6.45, 7) is 2.99. The summed E-state index contributed by atoms with van der Waals surface area (Å²) in [7, 11) is 2.78. The van der Waals surface area contributed by atoms with E-state index in [-0.39, 0.29) is 57.8 Å². The lowest BCUT2D eigenvalue weighted by atomic mass is 9.72. The Morgan fingerprint density at radius 1 is 1.22 bits per heavy atom. The molecule has 1 unspecified atom stereocenters. The lowest BCUT2D eigenvalue weighted by Crippen LogP contribution is -2.53. The summed E-state index contributed by atoms with van der Waals surface area (Å²) < 4.78 is 16.7. The van der Waals surface area contributed by atoms with Gasteiger partial charge in [0.2, 0.25) is 11.4 Å². The number of benzene rings is 2. The molecule has 9 nitrogen and oxygen atoms in total. The van der Waals surface area contributed by atoms with Gasteiger partial charge in [0.25, 0.3) is 0 Å². The third-order valence-electron chi connectivity index (χ3n) is 6.59. The van der Waals surface area contributed by atoms with Gasteiger partial charge in [0.1, 0.15) is 27.8 Å². The number of carbonyl (C=O) groups excluding carboxylic acids is 2. The van der Waals surface area contributed by atoms with Crippen LogP contribution in [0.3, 0.4) is 0 Å². The zero-order chi connectivity index (χ0) is 26.4. The van der Waals surface area contributed by atoms with Crippen LogP contribution in [-0.4, -0.2) is 59.0 Å². The minimum atomic E-state index is -1.91. The minimum Gasteiger partial charge on any atom is -0.508 e. The number of halogens is 1. The third-order valence-corrected chi connectivity index (χ3v) is 6.95. The summed E-state index contributed by atoms with van der Waals surface area (Å²) in [6.07, 6.45) is -1.16. The zero-order valence-electron chi connectivity index (χ0n) is 20.2. The normalized spacial score (nSPS) is 22.5. The first-order chi connectivity index (χ1) is 17.1. The van der Waals surface area contributed by atoms with Crippen LogP contribution in [0.1, 0.15) is 42.3 Å². The van der Waals surface area contributed by atoms with Gasteiger partial charge >= 0.3 is 0 Å². The van der Waals surface area contributed by atoms with E-state index in [4.69, 9.17) is 25.8 Å². The molecule has 0 amide bonds. The number of allylic oxidation sites excluding steroid dienone is 1. The van der Waals surface area contributed by atoms with Crippen molar-refractivity contribution in [2.75, 3.05) is 20.8 Å². The smallest absolute Gasteiger partial charge is 0.231 e. The summed E-state index contributed by atoms with van der Waals surface area (Å²) in [5.74, 6) is -1.94. The molecule has 1 spiro atoms. The summed E-state index contributed by atoms with van der Waals surface area (Å²) in [5, 5.41) is 31.5. The van der Waals surface area contributed by atoms with Crippen molar-refractivity contribution in [2.45, 2.75) is 32.0 Å². The highest BCUT2D eigenvalue weighted by molar-refractivity contribution is 6.35. The van der Waals surface area contributed by atoms with Gasteiger partial charge in [-0.05, 0) is 24.6 Å². The van der Waals surface area contributed by atoms with Gasteiger partial charge in [-0.3, -0.25) is 14.6 Å². The number of aliphatic hydroxyl groups excluding tert-OH is 2. The van der Waals surface area contributed by atoms with Gasteiger partial charge in [-0.15, -0.1) is 0 Å². The van der Waals surface area contributed by atoms with E-state index in [0.29, 0.717) is 5.56 Å². The number of phenols is 1. The van der Waals surface area contributed by atoms with Crippen molar-refractivity contribution >= 4 is 28.9 Å². The molecule has 0 fully saturated rings. The number of aliphatic hydroxyl groups is 2. The number of carbonyl (C=O) groups is 2. The maximum atomic E-state index is 13.8. The van der Waals surface area contributed by atoms with E-state index >= 15 is 0 Å². The Balaban J connectivity index is 1.77. The highest BCUT2D eigenvalue weighted by atomic mass is 35.5. The van der Waals surface area contributed by atoms with Gasteiger partial charge in [-0.2, -0.15) is 0 Å². The predicted octanol–water partition coefficient (Wildman–Crippen LogP) is 3.99. The van der Waals surface area contributed by atoms with Crippen molar-refractivity contribution in [1.29, 1.82) is 0 Å². The van der Waals surface area contributed by atoms with Crippen molar-refractivity contribution in [3.63, 3.8) is 0 Å². The molecule has 4 rings (SSSR count). The Labute approximate surface area is 212 Å². The average Bonchev–Trinajstić information content (AvgIpc) is 3.16. The van der Waals surface area contributed by atoms with Crippen molar-refractivity contribution in [1.82, 2.24) is 0 Å². The van der Waals surface area contributed by atoms with Crippen molar-refractivity contribution < 1.29 is 39.1 Å². The second-order valence-electron chi connectivity index (χ2n) is 8.75. The number of fused-ring (bicyclic) bond motifs is 1. The summed E-state index contributed by atoms with van der Waals surface area (Å²) >= 11 is 6.44. The van der Waals surface area contributed by atoms with Crippen LogP contribution in [0.5, 0.6) is 23.0 Å².